The molecule has 176 valence electrons. The summed E-state index contributed by atoms with van der Waals surface area (Å²) in [5.74, 6) is -10.7. The summed E-state index contributed by atoms with van der Waals surface area (Å²) in [4.78, 5) is 80.1. The second-order valence-corrected chi connectivity index (χ2v) is 8.87. The minimum Gasteiger partial charge on any atom is -0.303 e. The molecular formula is C26H16N4O6. The van der Waals surface area contributed by atoms with E-state index in [1.165, 1.54) is 48.5 Å². The first-order chi connectivity index (χ1) is 17.4. The van der Waals surface area contributed by atoms with Crippen molar-refractivity contribution in [3.8, 4) is 12.1 Å². The van der Waals surface area contributed by atoms with E-state index in [0.29, 0.717) is 23.7 Å². The van der Waals surface area contributed by atoms with Crippen molar-refractivity contribution in [1.82, 2.24) is 0 Å². The predicted octanol–water partition coefficient (Wildman–Crippen LogP) is 0.985. The minimum absolute atomic E-state index is 0.162. The van der Waals surface area contributed by atoms with Crippen LogP contribution in [0.5, 0.6) is 0 Å². The van der Waals surface area contributed by atoms with Gasteiger partial charge in [0.25, 0.3) is 0 Å². The quantitative estimate of drug-likeness (QED) is 0.463. The Morgan fingerprint density at radius 1 is 0.556 bits per heavy atom. The van der Waals surface area contributed by atoms with E-state index in [-0.39, 0.29) is 11.4 Å². The lowest BCUT2D eigenvalue weighted by Crippen LogP contribution is -2.50. The van der Waals surface area contributed by atoms with Gasteiger partial charge in [-0.05, 0) is 48.5 Å². The van der Waals surface area contributed by atoms with Gasteiger partial charge >= 0.3 is 0 Å². The average molecular weight is 480 g/mol. The topological polar surface area (TPSA) is 156 Å². The predicted molar refractivity (Wildman–Crippen MR) is 120 cm³/mol. The van der Waals surface area contributed by atoms with E-state index in [4.69, 9.17) is 10.5 Å². The highest BCUT2D eigenvalue weighted by atomic mass is 16.2. The lowest BCUT2D eigenvalue weighted by molar-refractivity contribution is -0.146. The van der Waals surface area contributed by atoms with Crippen molar-refractivity contribution in [1.29, 1.82) is 10.5 Å². The van der Waals surface area contributed by atoms with Gasteiger partial charge in [0.2, 0.25) is 23.6 Å². The van der Waals surface area contributed by atoms with Crippen LogP contribution in [0.2, 0.25) is 0 Å². The summed E-state index contributed by atoms with van der Waals surface area (Å²) in [7, 11) is 0. The number of fused-ring (bicyclic) bond motifs is 2. The lowest BCUT2D eigenvalue weighted by Gasteiger charge is -2.37. The molecule has 0 aromatic heterocycles. The highest BCUT2D eigenvalue weighted by Gasteiger charge is 2.68. The van der Waals surface area contributed by atoms with E-state index in [1.54, 1.807) is 0 Å². The zero-order valence-electron chi connectivity index (χ0n) is 18.5. The summed E-state index contributed by atoms with van der Waals surface area (Å²) in [5, 5.41) is 18.0. The Kier molecular flexibility index (Phi) is 5.30. The molecule has 36 heavy (non-hydrogen) atoms. The molecule has 0 bridgehead atoms. The molecular weight excluding hydrogens is 464 g/mol. The summed E-state index contributed by atoms with van der Waals surface area (Å²) in [6.07, 6.45) is 0.828. The van der Waals surface area contributed by atoms with Gasteiger partial charge in [-0.3, -0.25) is 29.0 Å². The molecule has 1 saturated carbocycles. The van der Waals surface area contributed by atoms with Gasteiger partial charge in [0.05, 0.1) is 58.3 Å². The molecule has 2 heterocycles. The van der Waals surface area contributed by atoms with Crippen LogP contribution in [-0.2, 0) is 28.8 Å². The smallest absolute Gasteiger partial charge is 0.238 e. The molecule has 0 radical (unpaired) electrons. The molecule has 2 aliphatic heterocycles. The van der Waals surface area contributed by atoms with Gasteiger partial charge in [-0.2, -0.15) is 10.5 Å². The third-order valence-electron chi connectivity index (χ3n) is 7.28. The summed E-state index contributed by atoms with van der Waals surface area (Å²) < 4.78 is 0. The molecule has 0 spiro atoms. The Labute approximate surface area is 204 Å². The average Bonchev–Trinajstić information content (AvgIpc) is 3.32. The zero-order valence-corrected chi connectivity index (χ0v) is 18.5. The van der Waals surface area contributed by atoms with Crippen molar-refractivity contribution in [2.24, 2.45) is 35.5 Å². The van der Waals surface area contributed by atoms with Gasteiger partial charge in [0.15, 0.2) is 0 Å². The molecule has 4 atom stereocenters. The van der Waals surface area contributed by atoms with E-state index < -0.39 is 59.1 Å². The Hall–Kier alpha value is -4.96. The van der Waals surface area contributed by atoms with E-state index in [1.807, 2.05) is 12.1 Å². The standard InChI is InChI=1S/C26H16N4O6/c27-9-13-1-5-15(6-2-13)29-23(33)19-17(11-31)21-22(18(12-32)20(19)24(29)34)26(36)30(25(21)35)16-7-3-14(10-28)4-8-16/h1-8,11-12,17-22H. The number of aldehydes is 2. The monoisotopic (exact) mass is 480 g/mol. The highest BCUT2D eigenvalue weighted by Crippen LogP contribution is 2.53. The van der Waals surface area contributed by atoms with E-state index >= 15 is 0 Å². The maximum atomic E-state index is 13.5. The third kappa shape index (κ3) is 3.01. The Balaban J connectivity index is 1.57. The SMILES string of the molecule is N#Cc1ccc(N2C(=O)C3C(C=O)C4C(=O)N(c5ccc(C#N)cc5)C(=O)C4C(C=O)C3C2=O)cc1. The van der Waals surface area contributed by atoms with Crippen LogP contribution in [-0.4, -0.2) is 36.2 Å². The van der Waals surface area contributed by atoms with Crippen molar-refractivity contribution >= 4 is 47.6 Å². The first-order valence-corrected chi connectivity index (χ1v) is 11.0. The number of carbonyl (C=O) groups is 6. The van der Waals surface area contributed by atoms with Crippen molar-refractivity contribution in [2.75, 3.05) is 9.80 Å². The highest BCUT2D eigenvalue weighted by molar-refractivity contribution is 6.27. The fourth-order valence-corrected chi connectivity index (χ4v) is 5.71. The molecule has 3 aliphatic rings. The molecule has 2 aromatic rings. The van der Waals surface area contributed by atoms with Crippen LogP contribution in [0.4, 0.5) is 11.4 Å². The molecule has 4 amide bonds. The largest absolute Gasteiger partial charge is 0.303 e. The van der Waals surface area contributed by atoms with E-state index in [2.05, 4.69) is 0 Å². The number of nitriles is 2. The van der Waals surface area contributed by atoms with Crippen LogP contribution in [0.25, 0.3) is 0 Å². The molecule has 0 N–H and O–H groups in total. The van der Waals surface area contributed by atoms with Gasteiger partial charge in [-0.15, -0.1) is 0 Å². The maximum absolute atomic E-state index is 13.5. The number of hydrogen-bond acceptors (Lipinski definition) is 8. The molecule has 2 aromatic carbocycles. The van der Waals surface area contributed by atoms with Gasteiger partial charge in [-0.25, -0.2) is 0 Å². The van der Waals surface area contributed by atoms with Gasteiger partial charge in [0, 0.05) is 11.8 Å². The van der Waals surface area contributed by atoms with E-state index in [9.17, 15) is 28.8 Å². The first kappa shape index (κ1) is 22.8. The van der Waals surface area contributed by atoms with Gasteiger partial charge < -0.3 is 9.59 Å². The van der Waals surface area contributed by atoms with Crippen molar-refractivity contribution in [2.45, 2.75) is 0 Å². The molecule has 10 heteroatoms. The van der Waals surface area contributed by atoms with Crippen molar-refractivity contribution in [3.05, 3.63) is 59.7 Å². The normalized spacial score (nSPS) is 28.8. The molecule has 5 rings (SSSR count). The number of imide groups is 2. The number of carbonyl (C=O) groups excluding carboxylic acids is 6. The van der Waals surface area contributed by atoms with E-state index in [0.717, 1.165) is 9.80 Å². The molecule has 2 saturated heterocycles. The maximum Gasteiger partial charge on any atom is 0.238 e. The lowest BCUT2D eigenvalue weighted by atomic mass is 9.59. The second kappa shape index (κ2) is 8.36. The van der Waals surface area contributed by atoms with Crippen LogP contribution in [0.1, 0.15) is 11.1 Å². The minimum atomic E-state index is -1.30. The summed E-state index contributed by atoms with van der Waals surface area (Å²) in [6.45, 7) is 0. The molecule has 3 fully saturated rings. The Bertz CT molecular complexity index is 1260. The number of benzene rings is 2. The summed E-state index contributed by atoms with van der Waals surface area (Å²) >= 11 is 0. The Morgan fingerprint density at radius 3 is 1.06 bits per heavy atom. The van der Waals surface area contributed by atoms with Gasteiger partial charge in [0.1, 0.15) is 12.6 Å². The van der Waals surface area contributed by atoms with Gasteiger partial charge in [-0.1, -0.05) is 0 Å². The fourth-order valence-electron chi connectivity index (χ4n) is 5.71. The van der Waals surface area contributed by atoms with Crippen LogP contribution in [0.3, 0.4) is 0 Å². The second-order valence-electron chi connectivity index (χ2n) is 8.87. The van der Waals surface area contributed by atoms with Crippen molar-refractivity contribution in [3.63, 3.8) is 0 Å². The molecule has 1 aliphatic carbocycles. The number of hydrogen-bond donors (Lipinski definition) is 0. The van der Waals surface area contributed by atoms with Crippen LogP contribution >= 0.6 is 0 Å². The van der Waals surface area contributed by atoms with Crippen LogP contribution in [0.15, 0.2) is 48.5 Å². The molecule has 10 nitrogen and oxygen atoms in total. The number of amides is 4. The number of rotatable bonds is 4. The molecule has 4 unspecified atom stereocenters. The number of nitrogens with zero attached hydrogens (tertiary/aromatic N) is 4. The third-order valence-corrected chi connectivity index (χ3v) is 7.28. The summed E-state index contributed by atoms with van der Waals surface area (Å²) in [6, 6.07) is 15.2. The van der Waals surface area contributed by atoms with Crippen LogP contribution < -0.4 is 9.80 Å². The first-order valence-electron chi connectivity index (χ1n) is 11.0. The summed E-state index contributed by atoms with van der Waals surface area (Å²) in [5.41, 5.74) is 0.935. The number of anilines is 2. The van der Waals surface area contributed by atoms with Crippen LogP contribution in [0, 0.1) is 58.2 Å². The van der Waals surface area contributed by atoms with Crippen molar-refractivity contribution < 1.29 is 28.8 Å². The zero-order chi connectivity index (χ0) is 25.7. The Morgan fingerprint density at radius 2 is 0.833 bits per heavy atom. The fraction of sp³-hybridized carbons (Fsp3) is 0.231.